The van der Waals surface area contributed by atoms with Crippen LogP contribution in [0.5, 0.6) is 5.75 Å². The van der Waals surface area contributed by atoms with Crippen molar-refractivity contribution in [1.29, 1.82) is 0 Å². The number of anilines is 1. The second-order valence-corrected chi connectivity index (χ2v) is 4.07. The lowest BCUT2D eigenvalue weighted by Crippen LogP contribution is -2.24. The van der Waals surface area contributed by atoms with Gasteiger partial charge >= 0.3 is 0 Å². The van der Waals surface area contributed by atoms with E-state index in [-0.39, 0.29) is 5.91 Å². The van der Waals surface area contributed by atoms with Gasteiger partial charge in [-0.2, -0.15) is 0 Å². The maximum Gasteiger partial charge on any atom is 0.270 e. The number of rotatable bonds is 5. The molecule has 6 heteroatoms. The fourth-order valence-electron chi connectivity index (χ4n) is 1.67. The molecule has 1 aromatic carbocycles. The molecular weight excluding hydrogens is 256 g/mol. The van der Waals surface area contributed by atoms with Gasteiger partial charge in [-0.1, -0.05) is 12.1 Å². The van der Waals surface area contributed by atoms with Gasteiger partial charge in [0.05, 0.1) is 7.11 Å². The quantitative estimate of drug-likeness (QED) is 0.861. The van der Waals surface area contributed by atoms with Crippen LogP contribution in [0.4, 0.5) is 5.82 Å². The first-order valence-electron chi connectivity index (χ1n) is 6.14. The summed E-state index contributed by atoms with van der Waals surface area (Å²) in [6.45, 7) is 0.412. The van der Waals surface area contributed by atoms with Gasteiger partial charge in [-0.25, -0.2) is 9.97 Å². The third kappa shape index (κ3) is 3.44. The van der Waals surface area contributed by atoms with Crippen LogP contribution in [0.3, 0.4) is 0 Å². The van der Waals surface area contributed by atoms with E-state index in [1.807, 2.05) is 24.3 Å². The van der Waals surface area contributed by atoms with Crippen LogP contribution in [0.2, 0.25) is 0 Å². The van der Waals surface area contributed by atoms with Gasteiger partial charge < -0.3 is 15.4 Å². The monoisotopic (exact) mass is 272 g/mol. The highest BCUT2D eigenvalue weighted by molar-refractivity contribution is 5.92. The van der Waals surface area contributed by atoms with Crippen molar-refractivity contribution in [2.75, 3.05) is 19.5 Å². The minimum absolute atomic E-state index is 0.244. The summed E-state index contributed by atoms with van der Waals surface area (Å²) in [4.78, 5) is 19.9. The number of nitrogens with zero attached hydrogens (tertiary/aromatic N) is 2. The van der Waals surface area contributed by atoms with Crippen molar-refractivity contribution in [3.05, 3.63) is 47.9 Å². The molecule has 0 atom stereocenters. The lowest BCUT2D eigenvalue weighted by Gasteiger charge is -2.07. The largest absolute Gasteiger partial charge is 0.497 e. The van der Waals surface area contributed by atoms with Crippen molar-refractivity contribution in [2.24, 2.45) is 0 Å². The summed E-state index contributed by atoms with van der Waals surface area (Å²) in [5.74, 6) is 1.12. The van der Waals surface area contributed by atoms with Crippen molar-refractivity contribution in [2.45, 2.75) is 6.54 Å². The van der Waals surface area contributed by atoms with E-state index in [4.69, 9.17) is 4.74 Å². The normalized spacial score (nSPS) is 9.90. The molecule has 104 valence electrons. The Balaban J connectivity index is 2.00. The van der Waals surface area contributed by atoms with Gasteiger partial charge in [-0.3, -0.25) is 4.79 Å². The van der Waals surface area contributed by atoms with Gasteiger partial charge in [0, 0.05) is 19.7 Å². The van der Waals surface area contributed by atoms with E-state index < -0.39 is 0 Å². The highest BCUT2D eigenvalue weighted by Crippen LogP contribution is 2.12. The number of hydrogen-bond donors (Lipinski definition) is 2. The SMILES string of the molecule is CNc1cc(C(=O)NCc2cccc(OC)c2)ncn1. The molecule has 0 radical (unpaired) electrons. The molecule has 6 nitrogen and oxygen atoms in total. The summed E-state index contributed by atoms with van der Waals surface area (Å²) in [5.41, 5.74) is 1.29. The Kier molecular flexibility index (Phi) is 4.49. The van der Waals surface area contributed by atoms with E-state index in [1.54, 1.807) is 20.2 Å². The Bertz CT molecular complexity index is 601. The fraction of sp³-hybridized carbons (Fsp3) is 0.214. The predicted molar refractivity (Wildman–Crippen MR) is 75.7 cm³/mol. The van der Waals surface area contributed by atoms with Gasteiger partial charge in [0.2, 0.25) is 0 Å². The van der Waals surface area contributed by atoms with E-state index in [0.717, 1.165) is 11.3 Å². The summed E-state index contributed by atoms with van der Waals surface area (Å²) in [6, 6.07) is 9.13. The van der Waals surface area contributed by atoms with Crippen LogP contribution in [0.15, 0.2) is 36.7 Å². The number of ether oxygens (including phenoxy) is 1. The molecule has 0 unspecified atom stereocenters. The number of hydrogen-bond acceptors (Lipinski definition) is 5. The van der Waals surface area contributed by atoms with Crippen molar-refractivity contribution < 1.29 is 9.53 Å². The second-order valence-electron chi connectivity index (χ2n) is 4.07. The first-order valence-corrected chi connectivity index (χ1v) is 6.14. The number of carbonyl (C=O) groups is 1. The average molecular weight is 272 g/mol. The average Bonchev–Trinajstić information content (AvgIpc) is 2.52. The zero-order valence-corrected chi connectivity index (χ0v) is 11.4. The van der Waals surface area contributed by atoms with E-state index in [2.05, 4.69) is 20.6 Å². The minimum Gasteiger partial charge on any atom is -0.497 e. The van der Waals surface area contributed by atoms with Crippen LogP contribution in [0.25, 0.3) is 0 Å². The van der Waals surface area contributed by atoms with Crippen molar-refractivity contribution >= 4 is 11.7 Å². The molecule has 20 heavy (non-hydrogen) atoms. The van der Waals surface area contributed by atoms with Crippen LogP contribution in [-0.4, -0.2) is 30.0 Å². The van der Waals surface area contributed by atoms with Crippen molar-refractivity contribution in [3.63, 3.8) is 0 Å². The van der Waals surface area contributed by atoms with E-state index in [0.29, 0.717) is 18.1 Å². The Morgan fingerprint density at radius 1 is 1.30 bits per heavy atom. The maximum atomic E-state index is 12.0. The van der Waals surface area contributed by atoms with Crippen LogP contribution in [0.1, 0.15) is 16.1 Å². The molecule has 0 aliphatic rings. The molecule has 0 spiro atoms. The molecule has 2 N–H and O–H groups in total. The van der Waals surface area contributed by atoms with Gasteiger partial charge in [-0.05, 0) is 17.7 Å². The van der Waals surface area contributed by atoms with Crippen molar-refractivity contribution in [3.8, 4) is 5.75 Å². The number of carbonyl (C=O) groups excluding carboxylic acids is 1. The lowest BCUT2D eigenvalue weighted by molar-refractivity contribution is 0.0945. The molecule has 0 bridgehead atoms. The number of benzene rings is 1. The van der Waals surface area contributed by atoms with Crippen LogP contribution >= 0.6 is 0 Å². The molecule has 0 fully saturated rings. The van der Waals surface area contributed by atoms with Gasteiger partial charge in [-0.15, -0.1) is 0 Å². The number of nitrogens with one attached hydrogen (secondary N) is 2. The standard InChI is InChI=1S/C14H16N4O2/c1-15-13-7-12(17-9-18-13)14(19)16-8-10-4-3-5-11(6-10)20-2/h3-7,9H,8H2,1-2H3,(H,16,19)(H,15,17,18). The minimum atomic E-state index is -0.244. The fourth-order valence-corrected chi connectivity index (χ4v) is 1.67. The molecule has 0 aliphatic heterocycles. The van der Waals surface area contributed by atoms with Crippen LogP contribution in [0, 0.1) is 0 Å². The summed E-state index contributed by atoms with van der Waals surface area (Å²) in [6.07, 6.45) is 1.35. The smallest absolute Gasteiger partial charge is 0.270 e. The Hall–Kier alpha value is -2.63. The van der Waals surface area contributed by atoms with Crippen LogP contribution in [-0.2, 0) is 6.54 Å². The number of amides is 1. The zero-order valence-electron chi connectivity index (χ0n) is 11.4. The first-order chi connectivity index (χ1) is 9.72. The Morgan fingerprint density at radius 3 is 2.90 bits per heavy atom. The summed E-state index contributed by atoms with van der Waals surface area (Å²) in [7, 11) is 3.35. The summed E-state index contributed by atoms with van der Waals surface area (Å²) < 4.78 is 5.13. The third-order valence-electron chi connectivity index (χ3n) is 2.74. The molecule has 2 aromatic rings. The molecule has 0 saturated carbocycles. The van der Waals surface area contributed by atoms with Crippen LogP contribution < -0.4 is 15.4 Å². The molecule has 1 amide bonds. The second kappa shape index (κ2) is 6.51. The Labute approximate surface area is 117 Å². The Morgan fingerprint density at radius 2 is 2.15 bits per heavy atom. The maximum absolute atomic E-state index is 12.0. The molecule has 0 aliphatic carbocycles. The number of methoxy groups -OCH3 is 1. The molecule has 1 aromatic heterocycles. The molecule has 0 saturated heterocycles. The molecule has 2 rings (SSSR count). The third-order valence-corrected chi connectivity index (χ3v) is 2.74. The number of aromatic nitrogens is 2. The lowest BCUT2D eigenvalue weighted by atomic mass is 10.2. The van der Waals surface area contributed by atoms with Gasteiger partial charge in [0.25, 0.3) is 5.91 Å². The highest BCUT2D eigenvalue weighted by Gasteiger charge is 2.08. The topological polar surface area (TPSA) is 76.1 Å². The predicted octanol–water partition coefficient (Wildman–Crippen LogP) is 1.46. The summed E-state index contributed by atoms with van der Waals surface area (Å²) >= 11 is 0. The first kappa shape index (κ1) is 13.8. The zero-order chi connectivity index (χ0) is 14.4. The summed E-state index contributed by atoms with van der Waals surface area (Å²) in [5, 5.41) is 5.67. The molecular formula is C14H16N4O2. The van der Waals surface area contributed by atoms with E-state index >= 15 is 0 Å². The van der Waals surface area contributed by atoms with Crippen molar-refractivity contribution in [1.82, 2.24) is 15.3 Å². The molecule has 1 heterocycles. The van der Waals surface area contributed by atoms with E-state index in [9.17, 15) is 4.79 Å². The highest BCUT2D eigenvalue weighted by atomic mass is 16.5. The van der Waals surface area contributed by atoms with Gasteiger partial charge in [0.15, 0.2) is 0 Å². The van der Waals surface area contributed by atoms with Gasteiger partial charge in [0.1, 0.15) is 23.6 Å². The van der Waals surface area contributed by atoms with E-state index in [1.165, 1.54) is 6.33 Å².